The Kier molecular flexibility index (Phi) is 7.57. The second-order valence-corrected chi connectivity index (χ2v) is 2.82. The quantitative estimate of drug-likeness (QED) is 0.437. The Balaban J connectivity index is 3.20. The molecule has 5 nitrogen and oxygen atoms in total. The topological polar surface area (TPSA) is 70.6 Å². The molecule has 0 heterocycles. The van der Waals surface area contributed by atoms with Gasteiger partial charge in [-0.3, -0.25) is 4.79 Å². The van der Waals surface area contributed by atoms with Gasteiger partial charge in [-0.2, -0.15) is 0 Å². The van der Waals surface area contributed by atoms with Crippen molar-refractivity contribution < 1.29 is 14.6 Å². The van der Waals surface area contributed by atoms with E-state index in [2.05, 4.69) is 10.6 Å². The average Bonchev–Trinajstić information content (AvgIpc) is 2.04. The Bertz CT molecular complexity index is 139. The van der Waals surface area contributed by atoms with E-state index in [0.29, 0.717) is 19.7 Å². The summed E-state index contributed by atoms with van der Waals surface area (Å²) in [5, 5.41) is 14.3. The number of amides is 1. The van der Waals surface area contributed by atoms with Crippen LogP contribution < -0.4 is 10.6 Å². The van der Waals surface area contributed by atoms with E-state index >= 15 is 0 Å². The van der Waals surface area contributed by atoms with Crippen molar-refractivity contribution in [1.29, 1.82) is 0 Å². The Morgan fingerprint density at radius 2 is 2.31 bits per heavy atom. The van der Waals surface area contributed by atoms with Crippen molar-refractivity contribution in [3.63, 3.8) is 0 Å². The van der Waals surface area contributed by atoms with Crippen molar-refractivity contribution in [3.05, 3.63) is 0 Å². The highest BCUT2D eigenvalue weighted by molar-refractivity contribution is 5.77. The van der Waals surface area contributed by atoms with Gasteiger partial charge in [0.25, 0.3) is 0 Å². The molecule has 0 aromatic heterocycles. The molecule has 0 bridgehead atoms. The van der Waals surface area contributed by atoms with Crippen molar-refractivity contribution in [2.45, 2.75) is 13.0 Å². The van der Waals surface area contributed by atoms with E-state index in [9.17, 15) is 4.79 Å². The van der Waals surface area contributed by atoms with Crippen LogP contribution in [0.2, 0.25) is 0 Å². The lowest BCUT2D eigenvalue weighted by Crippen LogP contribution is -2.37. The predicted octanol–water partition coefficient (Wildman–Crippen LogP) is -1.28. The van der Waals surface area contributed by atoms with Crippen molar-refractivity contribution in [2.24, 2.45) is 0 Å². The van der Waals surface area contributed by atoms with Gasteiger partial charge in [0.1, 0.15) is 0 Å². The molecule has 0 saturated heterocycles. The summed E-state index contributed by atoms with van der Waals surface area (Å²) >= 11 is 0. The van der Waals surface area contributed by atoms with Crippen LogP contribution in [0, 0.1) is 0 Å². The molecule has 5 heteroatoms. The number of aliphatic hydroxyl groups excluding tert-OH is 1. The van der Waals surface area contributed by atoms with E-state index < -0.39 is 6.10 Å². The third-order valence-electron chi connectivity index (χ3n) is 1.35. The molecule has 0 saturated carbocycles. The van der Waals surface area contributed by atoms with E-state index in [1.54, 1.807) is 14.0 Å². The van der Waals surface area contributed by atoms with Gasteiger partial charge in [0, 0.05) is 20.2 Å². The lowest BCUT2D eigenvalue weighted by Gasteiger charge is -2.07. The van der Waals surface area contributed by atoms with Gasteiger partial charge in [-0.25, -0.2) is 0 Å². The van der Waals surface area contributed by atoms with Gasteiger partial charge in [-0.05, 0) is 6.92 Å². The number of methoxy groups -OCH3 is 1. The van der Waals surface area contributed by atoms with Gasteiger partial charge in [-0.1, -0.05) is 0 Å². The number of nitrogens with one attached hydrogen (secondary N) is 2. The summed E-state index contributed by atoms with van der Waals surface area (Å²) in [7, 11) is 1.58. The number of ether oxygens (including phenoxy) is 1. The first-order valence-corrected chi connectivity index (χ1v) is 4.31. The highest BCUT2D eigenvalue weighted by atomic mass is 16.5. The minimum absolute atomic E-state index is 0.0855. The van der Waals surface area contributed by atoms with Crippen LogP contribution in [0.4, 0.5) is 0 Å². The van der Waals surface area contributed by atoms with Crippen molar-refractivity contribution in [2.75, 3.05) is 33.4 Å². The van der Waals surface area contributed by atoms with Crippen molar-refractivity contribution in [1.82, 2.24) is 10.6 Å². The number of hydrogen-bond acceptors (Lipinski definition) is 4. The number of aliphatic hydroxyl groups is 1. The van der Waals surface area contributed by atoms with E-state index in [0.717, 1.165) is 0 Å². The van der Waals surface area contributed by atoms with E-state index in [1.165, 1.54) is 0 Å². The SMILES string of the molecule is COCCNC(=O)CNC[C@@H](C)O. The Hall–Kier alpha value is -0.650. The lowest BCUT2D eigenvalue weighted by molar-refractivity contribution is -0.120. The summed E-state index contributed by atoms with van der Waals surface area (Å²) in [5.74, 6) is -0.0855. The number of carbonyl (C=O) groups excluding carboxylic acids is 1. The first-order valence-electron chi connectivity index (χ1n) is 4.31. The maximum Gasteiger partial charge on any atom is 0.234 e. The molecule has 0 aromatic rings. The zero-order valence-corrected chi connectivity index (χ0v) is 8.17. The minimum atomic E-state index is -0.424. The molecular weight excluding hydrogens is 172 g/mol. The molecule has 0 unspecified atom stereocenters. The first kappa shape index (κ1) is 12.3. The van der Waals surface area contributed by atoms with Crippen LogP contribution in [0.3, 0.4) is 0 Å². The summed E-state index contributed by atoms with van der Waals surface area (Å²) < 4.78 is 4.76. The van der Waals surface area contributed by atoms with Gasteiger partial charge < -0.3 is 20.5 Å². The Morgan fingerprint density at radius 3 is 2.85 bits per heavy atom. The number of hydrogen-bond donors (Lipinski definition) is 3. The van der Waals surface area contributed by atoms with Crippen LogP contribution in [0.25, 0.3) is 0 Å². The fourth-order valence-electron chi connectivity index (χ4n) is 0.750. The summed E-state index contributed by atoms with van der Waals surface area (Å²) in [4.78, 5) is 11.0. The molecule has 0 spiro atoms. The van der Waals surface area contributed by atoms with Crippen LogP contribution in [-0.4, -0.2) is 50.5 Å². The normalized spacial score (nSPS) is 12.5. The maximum absolute atomic E-state index is 11.0. The van der Waals surface area contributed by atoms with Crippen LogP contribution in [-0.2, 0) is 9.53 Å². The third kappa shape index (κ3) is 9.26. The molecule has 0 rings (SSSR count). The van der Waals surface area contributed by atoms with Crippen LogP contribution in [0.1, 0.15) is 6.92 Å². The molecule has 78 valence electrons. The molecule has 0 aromatic carbocycles. The fraction of sp³-hybridized carbons (Fsp3) is 0.875. The zero-order chi connectivity index (χ0) is 10.1. The molecule has 3 N–H and O–H groups in total. The van der Waals surface area contributed by atoms with Crippen LogP contribution in [0.5, 0.6) is 0 Å². The maximum atomic E-state index is 11.0. The fourth-order valence-corrected chi connectivity index (χ4v) is 0.750. The molecule has 0 aliphatic rings. The predicted molar refractivity (Wildman–Crippen MR) is 49.4 cm³/mol. The average molecular weight is 190 g/mol. The summed E-state index contributed by atoms with van der Waals surface area (Å²) in [6, 6.07) is 0. The van der Waals surface area contributed by atoms with Crippen LogP contribution >= 0.6 is 0 Å². The standard InChI is InChI=1S/C8H18N2O3/c1-7(11)5-9-6-8(12)10-3-4-13-2/h7,9,11H,3-6H2,1-2H3,(H,10,12)/t7-/m1/s1. The van der Waals surface area contributed by atoms with Gasteiger partial charge in [-0.15, -0.1) is 0 Å². The second-order valence-electron chi connectivity index (χ2n) is 2.82. The molecule has 13 heavy (non-hydrogen) atoms. The highest BCUT2D eigenvalue weighted by Crippen LogP contribution is 1.74. The van der Waals surface area contributed by atoms with Crippen LogP contribution in [0.15, 0.2) is 0 Å². The van der Waals surface area contributed by atoms with Gasteiger partial charge in [0.05, 0.1) is 19.3 Å². The zero-order valence-electron chi connectivity index (χ0n) is 8.17. The largest absolute Gasteiger partial charge is 0.392 e. The summed E-state index contributed by atoms with van der Waals surface area (Å²) in [6.07, 6.45) is -0.424. The number of carbonyl (C=O) groups is 1. The first-order chi connectivity index (χ1) is 6.16. The van der Waals surface area contributed by atoms with E-state index in [4.69, 9.17) is 9.84 Å². The molecular formula is C8H18N2O3. The molecule has 0 aliphatic carbocycles. The van der Waals surface area contributed by atoms with Gasteiger partial charge in [0.2, 0.25) is 5.91 Å². The Labute approximate surface area is 78.5 Å². The van der Waals surface area contributed by atoms with E-state index in [1.807, 2.05) is 0 Å². The van der Waals surface area contributed by atoms with Gasteiger partial charge in [0.15, 0.2) is 0 Å². The third-order valence-corrected chi connectivity index (χ3v) is 1.35. The van der Waals surface area contributed by atoms with Crippen molar-refractivity contribution in [3.8, 4) is 0 Å². The second kappa shape index (κ2) is 7.97. The summed E-state index contributed by atoms with van der Waals surface area (Å²) in [5.41, 5.74) is 0. The molecule has 1 amide bonds. The highest BCUT2D eigenvalue weighted by Gasteiger charge is 2.00. The smallest absolute Gasteiger partial charge is 0.234 e. The minimum Gasteiger partial charge on any atom is -0.392 e. The van der Waals surface area contributed by atoms with E-state index in [-0.39, 0.29) is 12.5 Å². The lowest BCUT2D eigenvalue weighted by atomic mass is 10.4. The molecule has 1 atom stereocenters. The Morgan fingerprint density at radius 1 is 1.62 bits per heavy atom. The summed E-state index contributed by atoms with van der Waals surface area (Å²) in [6.45, 7) is 3.36. The molecule has 0 radical (unpaired) electrons. The number of rotatable bonds is 7. The monoisotopic (exact) mass is 190 g/mol. The van der Waals surface area contributed by atoms with Gasteiger partial charge >= 0.3 is 0 Å². The van der Waals surface area contributed by atoms with Crippen molar-refractivity contribution >= 4 is 5.91 Å². The molecule has 0 aliphatic heterocycles. The molecule has 0 fully saturated rings.